The highest BCUT2D eigenvalue weighted by Gasteiger charge is 2.32. The Labute approximate surface area is 184 Å². The third kappa shape index (κ3) is 10.2. The van der Waals surface area contributed by atoms with Gasteiger partial charge in [-0.15, -0.1) is 0 Å². The van der Waals surface area contributed by atoms with Crippen molar-refractivity contribution in [1.29, 1.82) is 0 Å². The molecule has 0 aromatic carbocycles. The second-order valence-corrected chi connectivity index (χ2v) is 7.30. The quantitative estimate of drug-likeness (QED) is 0.118. The smallest absolute Gasteiger partial charge is 0.326 e. The van der Waals surface area contributed by atoms with E-state index in [9.17, 15) is 33.9 Å². The lowest BCUT2D eigenvalue weighted by molar-refractivity contribution is -0.144. The molecule has 0 saturated heterocycles. The molecule has 0 rings (SSSR count). The Morgan fingerprint density at radius 3 is 1.84 bits per heavy atom. The van der Waals surface area contributed by atoms with Crippen molar-refractivity contribution in [2.45, 2.75) is 63.7 Å². The number of hydrogen-bond acceptors (Lipinski definition) is 8. The molecule has 182 valence electrons. The van der Waals surface area contributed by atoms with Crippen molar-refractivity contribution in [3.63, 3.8) is 0 Å². The van der Waals surface area contributed by atoms with Crippen LogP contribution in [0.25, 0.3) is 0 Å². The van der Waals surface area contributed by atoms with Crippen LogP contribution in [0.3, 0.4) is 0 Å². The van der Waals surface area contributed by atoms with Crippen LogP contribution in [0.2, 0.25) is 0 Å². The maximum absolute atomic E-state index is 12.7. The molecular weight excluding hydrogens is 428 g/mol. The summed E-state index contributed by atoms with van der Waals surface area (Å²) in [5.74, 6) is -6.32. The molecule has 14 nitrogen and oxygen atoms in total. The minimum atomic E-state index is -1.54. The number of carboxylic acids is 1. The highest BCUT2D eigenvalue weighted by Crippen LogP contribution is 2.09. The summed E-state index contributed by atoms with van der Waals surface area (Å²) in [5, 5.41) is 25.0. The summed E-state index contributed by atoms with van der Waals surface area (Å²) < 4.78 is 0. The molecule has 0 aromatic heterocycles. The average molecular weight is 460 g/mol. The van der Waals surface area contributed by atoms with E-state index in [2.05, 4.69) is 16.0 Å². The number of rotatable bonds is 15. The van der Waals surface area contributed by atoms with E-state index >= 15 is 0 Å². The van der Waals surface area contributed by atoms with Gasteiger partial charge in [0.05, 0.1) is 13.0 Å². The maximum atomic E-state index is 12.7. The Hall–Kier alpha value is -3.26. The van der Waals surface area contributed by atoms with Crippen molar-refractivity contribution >= 4 is 35.5 Å². The largest absolute Gasteiger partial charge is 0.480 e. The summed E-state index contributed by atoms with van der Waals surface area (Å²) in [6, 6.07) is -5.57. The van der Waals surface area contributed by atoms with Crippen LogP contribution in [0.1, 0.15) is 39.5 Å². The van der Waals surface area contributed by atoms with E-state index in [-0.39, 0.29) is 12.8 Å². The van der Waals surface area contributed by atoms with Gasteiger partial charge in [-0.05, 0) is 12.3 Å². The minimum absolute atomic E-state index is 0.271. The Bertz CT molecular complexity index is 716. The van der Waals surface area contributed by atoms with E-state index in [1.54, 1.807) is 13.8 Å². The topological polar surface area (TPSA) is 257 Å². The predicted molar refractivity (Wildman–Crippen MR) is 110 cm³/mol. The summed E-state index contributed by atoms with van der Waals surface area (Å²) in [7, 11) is 0. The van der Waals surface area contributed by atoms with Gasteiger partial charge in [-0.2, -0.15) is 0 Å². The third-order valence-corrected chi connectivity index (χ3v) is 4.66. The van der Waals surface area contributed by atoms with Crippen molar-refractivity contribution < 1.29 is 39.0 Å². The van der Waals surface area contributed by atoms with E-state index < -0.39 is 78.6 Å². The lowest BCUT2D eigenvalue weighted by atomic mass is 9.98. The van der Waals surface area contributed by atoms with Crippen LogP contribution in [0.4, 0.5) is 0 Å². The van der Waals surface area contributed by atoms with Crippen molar-refractivity contribution in [2.24, 2.45) is 23.1 Å². The molecular formula is C18H32N6O8. The van der Waals surface area contributed by atoms with E-state index in [1.807, 2.05) is 0 Å². The molecule has 14 heteroatoms. The number of carbonyl (C=O) groups is 6. The van der Waals surface area contributed by atoms with Gasteiger partial charge in [0.2, 0.25) is 29.5 Å². The molecule has 0 bridgehead atoms. The number of aliphatic hydroxyl groups excluding tert-OH is 1. The van der Waals surface area contributed by atoms with E-state index in [0.717, 1.165) is 0 Å². The molecule has 0 aromatic rings. The number of carbonyl (C=O) groups excluding carboxylic acids is 5. The zero-order valence-corrected chi connectivity index (χ0v) is 18.0. The maximum Gasteiger partial charge on any atom is 0.326 e. The van der Waals surface area contributed by atoms with Crippen LogP contribution in [0, 0.1) is 5.92 Å². The summed E-state index contributed by atoms with van der Waals surface area (Å²) in [5.41, 5.74) is 15.6. The molecule has 0 fully saturated rings. The number of hydrogen-bond donors (Lipinski definition) is 8. The highest BCUT2D eigenvalue weighted by atomic mass is 16.4. The molecule has 0 heterocycles. The fourth-order valence-electron chi connectivity index (χ4n) is 2.54. The molecule has 5 unspecified atom stereocenters. The van der Waals surface area contributed by atoms with Crippen LogP contribution in [-0.4, -0.2) is 76.5 Å². The SMILES string of the molecule is CCC(C)C(NC(=O)C(CCC(N)=O)NC(=O)C(CC(N)=O)NC(=O)C(N)CO)C(=O)O. The van der Waals surface area contributed by atoms with E-state index in [4.69, 9.17) is 22.3 Å². The molecule has 0 radical (unpaired) electrons. The number of carboxylic acid groups (broad SMARTS) is 1. The van der Waals surface area contributed by atoms with Gasteiger partial charge in [-0.3, -0.25) is 24.0 Å². The van der Waals surface area contributed by atoms with E-state index in [0.29, 0.717) is 6.42 Å². The zero-order chi connectivity index (χ0) is 25.0. The van der Waals surface area contributed by atoms with Gasteiger partial charge in [0.25, 0.3) is 0 Å². The fourth-order valence-corrected chi connectivity index (χ4v) is 2.54. The average Bonchev–Trinajstić information content (AvgIpc) is 2.71. The van der Waals surface area contributed by atoms with Crippen LogP contribution < -0.4 is 33.2 Å². The molecule has 5 amide bonds. The first kappa shape index (κ1) is 28.7. The van der Waals surface area contributed by atoms with Gasteiger partial charge in [-0.1, -0.05) is 20.3 Å². The third-order valence-electron chi connectivity index (χ3n) is 4.66. The molecule has 32 heavy (non-hydrogen) atoms. The molecule has 5 atom stereocenters. The van der Waals surface area contributed by atoms with Gasteiger partial charge in [0.1, 0.15) is 24.2 Å². The summed E-state index contributed by atoms with van der Waals surface area (Å²) >= 11 is 0. The zero-order valence-electron chi connectivity index (χ0n) is 18.0. The number of aliphatic hydroxyl groups is 1. The molecule has 0 saturated carbocycles. The van der Waals surface area contributed by atoms with Crippen molar-refractivity contribution in [3.05, 3.63) is 0 Å². The van der Waals surface area contributed by atoms with Crippen LogP contribution in [-0.2, 0) is 28.8 Å². The molecule has 0 aliphatic rings. The van der Waals surface area contributed by atoms with Crippen molar-refractivity contribution in [1.82, 2.24) is 16.0 Å². The first-order chi connectivity index (χ1) is 14.8. The van der Waals surface area contributed by atoms with Crippen LogP contribution >= 0.6 is 0 Å². The lowest BCUT2D eigenvalue weighted by Gasteiger charge is -2.26. The van der Waals surface area contributed by atoms with Gasteiger partial charge < -0.3 is 43.4 Å². The highest BCUT2D eigenvalue weighted by molar-refractivity contribution is 5.96. The second-order valence-electron chi connectivity index (χ2n) is 7.30. The van der Waals surface area contributed by atoms with E-state index in [1.165, 1.54) is 0 Å². The molecule has 11 N–H and O–H groups in total. The number of amides is 5. The minimum Gasteiger partial charge on any atom is -0.480 e. The predicted octanol–water partition coefficient (Wildman–Crippen LogP) is -3.97. The van der Waals surface area contributed by atoms with Crippen LogP contribution in [0.5, 0.6) is 0 Å². The first-order valence-corrected chi connectivity index (χ1v) is 9.90. The summed E-state index contributed by atoms with van der Waals surface area (Å²) in [4.78, 5) is 71.2. The first-order valence-electron chi connectivity index (χ1n) is 9.90. The molecule has 0 aliphatic carbocycles. The van der Waals surface area contributed by atoms with Crippen molar-refractivity contribution in [2.75, 3.05) is 6.61 Å². The molecule has 0 aliphatic heterocycles. The number of aliphatic carboxylic acids is 1. The van der Waals surface area contributed by atoms with Gasteiger partial charge in [0, 0.05) is 6.42 Å². The number of nitrogens with two attached hydrogens (primary N) is 3. The Kier molecular flexibility index (Phi) is 12.5. The summed E-state index contributed by atoms with van der Waals surface area (Å²) in [6.07, 6.45) is -0.799. The Balaban J connectivity index is 5.60. The van der Waals surface area contributed by atoms with Crippen LogP contribution in [0.15, 0.2) is 0 Å². The Morgan fingerprint density at radius 1 is 0.875 bits per heavy atom. The monoisotopic (exact) mass is 460 g/mol. The van der Waals surface area contributed by atoms with Gasteiger partial charge in [0.15, 0.2) is 0 Å². The normalized spacial score (nSPS) is 15.4. The fraction of sp³-hybridized carbons (Fsp3) is 0.667. The number of primary amides is 2. The standard InChI is InChI=1S/C18H32N6O8/c1-3-8(2)14(18(31)32)24-16(29)10(4-5-12(20)26)22-17(30)11(6-13(21)27)23-15(28)9(19)7-25/h8-11,14,25H,3-7,19H2,1-2H3,(H2,20,26)(H2,21,27)(H,22,30)(H,23,28)(H,24,29)(H,31,32). The summed E-state index contributed by atoms with van der Waals surface area (Å²) in [6.45, 7) is 2.61. The van der Waals surface area contributed by atoms with Crippen molar-refractivity contribution in [3.8, 4) is 0 Å². The lowest BCUT2D eigenvalue weighted by Crippen LogP contribution is -2.58. The van der Waals surface area contributed by atoms with Gasteiger partial charge in [-0.25, -0.2) is 4.79 Å². The number of nitrogens with one attached hydrogen (secondary N) is 3. The molecule has 0 spiro atoms. The van der Waals surface area contributed by atoms with Gasteiger partial charge >= 0.3 is 5.97 Å². The Morgan fingerprint density at radius 2 is 1.41 bits per heavy atom. The second kappa shape index (κ2) is 13.9.